The number of benzene rings is 2. The standard InChI is InChI=1S/C29H32ClF2N3O4S2/c30-26-12-11-25(40-26)29(31,32)27(28(36)35-20-7-8-21(35)16-19(33)15-20)34-41(37,38)24-10-6-17-13-23(9-5-18(17)14-24)39-22-3-1-2-4-22/h5-6,9-14,19-22,27,34H,1-4,7-8,15-16,33H2/t19?,20?,21?,27-/m0/s1. The minimum Gasteiger partial charge on any atom is -0.490 e. The topological polar surface area (TPSA) is 102 Å². The van der Waals surface area contributed by atoms with Crippen LogP contribution in [0.25, 0.3) is 10.8 Å². The number of fused-ring (bicyclic) bond motifs is 3. The maximum atomic E-state index is 16.0. The van der Waals surface area contributed by atoms with Crippen molar-refractivity contribution in [3.8, 4) is 5.75 Å². The SMILES string of the molecule is NC1CC2CCC(C1)N2C(=O)[C@H](NS(=O)(=O)c1ccc2cc(OC3CCCC3)ccc2c1)C(F)(F)c1ccc(Cl)s1. The van der Waals surface area contributed by atoms with Crippen LogP contribution in [0.15, 0.2) is 53.4 Å². The van der Waals surface area contributed by atoms with E-state index in [1.807, 2.05) is 6.07 Å². The summed E-state index contributed by atoms with van der Waals surface area (Å²) >= 11 is 6.56. The molecule has 0 radical (unpaired) electrons. The molecule has 0 spiro atoms. The van der Waals surface area contributed by atoms with Crippen molar-refractivity contribution in [1.82, 2.24) is 9.62 Å². The Morgan fingerprint density at radius 2 is 1.68 bits per heavy atom. The van der Waals surface area contributed by atoms with Crippen LogP contribution in [0, 0.1) is 0 Å². The molecule has 3 heterocycles. The molecular formula is C29H32ClF2N3O4S2. The van der Waals surface area contributed by atoms with Gasteiger partial charge in [0.15, 0.2) is 6.04 Å². The van der Waals surface area contributed by atoms with Crippen LogP contribution in [-0.2, 0) is 20.7 Å². The average Bonchev–Trinajstić information content (AvgIpc) is 3.67. The smallest absolute Gasteiger partial charge is 0.307 e. The summed E-state index contributed by atoms with van der Waals surface area (Å²) in [5.41, 5.74) is 6.13. The first kappa shape index (κ1) is 28.8. The molecule has 6 rings (SSSR count). The van der Waals surface area contributed by atoms with Crippen LogP contribution in [0.3, 0.4) is 0 Å². The third-order valence-electron chi connectivity index (χ3n) is 8.51. The van der Waals surface area contributed by atoms with Gasteiger partial charge in [-0.25, -0.2) is 8.42 Å². The second-order valence-corrected chi connectivity index (χ2v) is 14.8. The lowest BCUT2D eigenvalue weighted by Crippen LogP contribution is -2.60. The molecule has 2 bridgehead atoms. The van der Waals surface area contributed by atoms with Gasteiger partial charge in [0.05, 0.1) is 20.2 Å². The zero-order valence-corrected chi connectivity index (χ0v) is 24.7. The van der Waals surface area contributed by atoms with Gasteiger partial charge < -0.3 is 15.4 Å². The van der Waals surface area contributed by atoms with Gasteiger partial charge in [0.1, 0.15) is 5.75 Å². The van der Waals surface area contributed by atoms with Gasteiger partial charge in [-0.2, -0.15) is 13.5 Å². The highest BCUT2D eigenvalue weighted by molar-refractivity contribution is 7.89. The van der Waals surface area contributed by atoms with E-state index in [9.17, 15) is 13.2 Å². The van der Waals surface area contributed by atoms with Gasteiger partial charge in [0.2, 0.25) is 15.9 Å². The third-order valence-corrected chi connectivity index (χ3v) is 11.2. The largest absolute Gasteiger partial charge is 0.490 e. The molecule has 1 amide bonds. The molecular weight excluding hydrogens is 592 g/mol. The molecule has 3 aromatic rings. The van der Waals surface area contributed by atoms with Gasteiger partial charge in [-0.1, -0.05) is 23.7 Å². The van der Waals surface area contributed by atoms with Gasteiger partial charge in [-0.15, -0.1) is 11.3 Å². The summed E-state index contributed by atoms with van der Waals surface area (Å²) in [5.74, 6) is -4.09. The molecule has 1 saturated carbocycles. The van der Waals surface area contributed by atoms with Crippen molar-refractivity contribution in [2.75, 3.05) is 0 Å². The van der Waals surface area contributed by atoms with Gasteiger partial charge in [0.25, 0.3) is 0 Å². The number of sulfonamides is 1. The lowest BCUT2D eigenvalue weighted by Gasteiger charge is -2.40. The van der Waals surface area contributed by atoms with Crippen LogP contribution < -0.4 is 15.2 Å². The molecule has 2 saturated heterocycles. The fraction of sp³-hybridized carbons (Fsp3) is 0.483. The molecule has 220 valence electrons. The summed E-state index contributed by atoms with van der Waals surface area (Å²) in [6, 6.07) is 9.13. The molecule has 3 fully saturated rings. The number of hydrogen-bond donors (Lipinski definition) is 2. The van der Waals surface area contributed by atoms with E-state index in [1.165, 1.54) is 23.1 Å². The number of hydrogen-bond acceptors (Lipinski definition) is 6. The Hall–Kier alpha value is -2.31. The van der Waals surface area contributed by atoms with E-state index in [-0.39, 0.29) is 33.5 Å². The van der Waals surface area contributed by atoms with Crippen molar-refractivity contribution < 1.29 is 26.7 Å². The Balaban J connectivity index is 1.30. The van der Waals surface area contributed by atoms with Crippen LogP contribution in [0.2, 0.25) is 4.34 Å². The Kier molecular flexibility index (Phi) is 7.78. The van der Waals surface area contributed by atoms with Crippen LogP contribution in [0.1, 0.15) is 56.2 Å². The number of alkyl halides is 2. The molecule has 1 aromatic heterocycles. The number of thiophene rings is 1. The molecule has 3 atom stereocenters. The third kappa shape index (κ3) is 5.71. The van der Waals surface area contributed by atoms with E-state index in [4.69, 9.17) is 22.1 Å². The summed E-state index contributed by atoms with van der Waals surface area (Å²) in [5, 5.41) is 1.36. The second kappa shape index (κ2) is 11.1. The number of carbonyl (C=O) groups is 1. The molecule has 1 aliphatic carbocycles. The molecule has 7 nitrogen and oxygen atoms in total. The van der Waals surface area contributed by atoms with Crippen molar-refractivity contribution >= 4 is 49.6 Å². The summed E-state index contributed by atoms with van der Waals surface area (Å²) in [4.78, 5) is 14.6. The van der Waals surface area contributed by atoms with Gasteiger partial charge in [0, 0.05) is 18.1 Å². The Bertz CT molecular complexity index is 1550. The fourth-order valence-electron chi connectivity index (χ4n) is 6.51. The maximum Gasteiger partial charge on any atom is 0.307 e. The van der Waals surface area contributed by atoms with E-state index in [0.29, 0.717) is 48.2 Å². The highest BCUT2D eigenvalue weighted by atomic mass is 35.5. The van der Waals surface area contributed by atoms with E-state index in [1.54, 1.807) is 18.2 Å². The number of rotatable bonds is 8. The number of halogens is 3. The van der Waals surface area contributed by atoms with Gasteiger partial charge in [-0.3, -0.25) is 4.79 Å². The van der Waals surface area contributed by atoms with E-state index in [2.05, 4.69) is 4.72 Å². The number of amides is 1. The zero-order chi connectivity index (χ0) is 28.9. The van der Waals surface area contributed by atoms with E-state index >= 15 is 8.78 Å². The highest BCUT2D eigenvalue weighted by Crippen LogP contribution is 2.42. The summed E-state index contributed by atoms with van der Waals surface area (Å²) in [6.07, 6.45) is 6.77. The summed E-state index contributed by atoms with van der Waals surface area (Å²) < 4.78 is 67.6. The molecule has 2 aromatic carbocycles. The monoisotopic (exact) mass is 623 g/mol. The molecule has 2 unspecified atom stereocenters. The number of nitrogens with two attached hydrogens (primary N) is 1. The van der Waals surface area contributed by atoms with E-state index < -0.39 is 32.8 Å². The molecule has 2 aliphatic heterocycles. The van der Waals surface area contributed by atoms with Gasteiger partial charge >= 0.3 is 5.92 Å². The van der Waals surface area contributed by atoms with Crippen molar-refractivity contribution in [2.24, 2.45) is 5.73 Å². The first-order valence-electron chi connectivity index (χ1n) is 14.0. The number of piperidine rings is 1. The second-order valence-electron chi connectivity index (χ2n) is 11.3. The Morgan fingerprint density at radius 3 is 2.34 bits per heavy atom. The number of nitrogens with one attached hydrogen (secondary N) is 1. The zero-order valence-electron chi connectivity index (χ0n) is 22.3. The van der Waals surface area contributed by atoms with Crippen LogP contribution in [0.5, 0.6) is 5.75 Å². The maximum absolute atomic E-state index is 16.0. The fourth-order valence-corrected chi connectivity index (χ4v) is 8.78. The normalized spacial score (nSPS) is 24.2. The van der Waals surface area contributed by atoms with Crippen molar-refractivity contribution in [3.05, 3.63) is 57.7 Å². The van der Waals surface area contributed by atoms with Crippen molar-refractivity contribution in [2.45, 2.75) is 92.5 Å². The quantitative estimate of drug-likeness (QED) is 0.330. The molecule has 12 heteroatoms. The van der Waals surface area contributed by atoms with Gasteiger partial charge in [-0.05, 0) is 98.5 Å². The number of carbonyl (C=O) groups excluding carboxylic acids is 1. The van der Waals surface area contributed by atoms with Crippen LogP contribution >= 0.6 is 22.9 Å². The molecule has 3 aliphatic rings. The minimum atomic E-state index is -4.53. The van der Waals surface area contributed by atoms with Crippen molar-refractivity contribution in [1.29, 1.82) is 0 Å². The highest BCUT2D eigenvalue weighted by Gasteiger charge is 2.54. The predicted octanol–water partition coefficient (Wildman–Crippen LogP) is 5.80. The lowest BCUT2D eigenvalue weighted by molar-refractivity contribution is -0.148. The average molecular weight is 624 g/mol. The Labute approximate surface area is 247 Å². The number of nitrogens with zero attached hydrogens (tertiary/aromatic N) is 1. The van der Waals surface area contributed by atoms with Crippen LogP contribution in [0.4, 0.5) is 8.78 Å². The first-order chi connectivity index (χ1) is 19.5. The lowest BCUT2D eigenvalue weighted by atomic mass is 9.96. The van der Waals surface area contributed by atoms with Crippen molar-refractivity contribution in [3.63, 3.8) is 0 Å². The van der Waals surface area contributed by atoms with E-state index in [0.717, 1.165) is 37.1 Å². The minimum absolute atomic E-state index is 0.114. The Morgan fingerprint density at radius 1 is 1.02 bits per heavy atom. The predicted molar refractivity (Wildman–Crippen MR) is 155 cm³/mol. The summed E-state index contributed by atoms with van der Waals surface area (Å²) in [7, 11) is -4.53. The summed E-state index contributed by atoms with van der Waals surface area (Å²) in [6.45, 7) is 0. The molecule has 41 heavy (non-hydrogen) atoms. The first-order valence-corrected chi connectivity index (χ1v) is 16.6. The number of ether oxygens (including phenoxy) is 1. The molecule has 3 N–H and O–H groups in total. The van der Waals surface area contributed by atoms with Crippen LogP contribution in [-0.4, -0.2) is 49.5 Å².